The normalized spacial score (nSPS) is 11.3. The van der Waals surface area contributed by atoms with Crippen molar-refractivity contribution in [2.24, 2.45) is 0 Å². The van der Waals surface area contributed by atoms with Crippen LogP contribution >= 0.6 is 0 Å². The fourth-order valence-electron chi connectivity index (χ4n) is 4.04. The van der Waals surface area contributed by atoms with E-state index in [4.69, 9.17) is 4.74 Å². The zero-order chi connectivity index (χ0) is 25.0. The summed E-state index contributed by atoms with van der Waals surface area (Å²) in [5.74, 6) is 0.696. The molecule has 3 aromatic carbocycles. The van der Waals surface area contributed by atoms with Crippen molar-refractivity contribution < 1.29 is 9.53 Å². The predicted octanol–water partition coefficient (Wildman–Crippen LogP) is 6.30. The summed E-state index contributed by atoms with van der Waals surface area (Å²) in [4.78, 5) is 12.9. The van der Waals surface area contributed by atoms with E-state index in [1.807, 2.05) is 85.3 Å². The lowest BCUT2D eigenvalue weighted by atomic mass is 9.87. The summed E-state index contributed by atoms with van der Waals surface area (Å²) in [5.41, 5.74) is 6.90. The molecule has 0 unspecified atom stereocenters. The number of benzene rings is 3. The Bertz CT molecular complexity index is 1300. The molecule has 1 heterocycles. The summed E-state index contributed by atoms with van der Waals surface area (Å²) < 4.78 is 7.88. The summed E-state index contributed by atoms with van der Waals surface area (Å²) in [6, 6.07) is 25.8. The van der Waals surface area contributed by atoms with Crippen molar-refractivity contribution in [3.63, 3.8) is 0 Å². The van der Waals surface area contributed by atoms with Crippen LogP contribution in [0.5, 0.6) is 5.75 Å². The molecule has 1 N–H and O–H groups in total. The van der Waals surface area contributed by atoms with Crippen LogP contribution in [-0.2, 0) is 18.6 Å². The van der Waals surface area contributed by atoms with E-state index >= 15 is 0 Å². The first-order chi connectivity index (χ1) is 16.7. The Labute approximate surface area is 207 Å². The molecule has 0 aliphatic heterocycles. The molecule has 0 atom stereocenters. The minimum atomic E-state index is -0.118. The summed E-state index contributed by atoms with van der Waals surface area (Å²) in [7, 11) is 0. The second kappa shape index (κ2) is 10.2. The maximum atomic E-state index is 12.9. The second-order valence-electron chi connectivity index (χ2n) is 9.84. The van der Waals surface area contributed by atoms with E-state index in [0.29, 0.717) is 18.7 Å². The topological polar surface area (TPSA) is 56.2 Å². The lowest BCUT2D eigenvalue weighted by molar-refractivity contribution is 0.0950. The molecule has 0 bridgehead atoms. The fraction of sp³-hybridized carbons (Fsp3) is 0.267. The minimum absolute atomic E-state index is 0.109. The van der Waals surface area contributed by atoms with E-state index in [1.165, 1.54) is 5.56 Å². The van der Waals surface area contributed by atoms with Gasteiger partial charge in [0.15, 0.2) is 0 Å². The first kappa shape index (κ1) is 24.3. The number of nitrogens with one attached hydrogen (secondary N) is 1. The molecule has 0 fully saturated rings. The number of aromatic nitrogens is 2. The van der Waals surface area contributed by atoms with Gasteiger partial charge in [-0.2, -0.15) is 5.10 Å². The van der Waals surface area contributed by atoms with Gasteiger partial charge in [-0.05, 0) is 66.8 Å². The fourth-order valence-corrected chi connectivity index (χ4v) is 4.04. The maximum Gasteiger partial charge on any atom is 0.251 e. The molecule has 0 spiro atoms. The molecule has 35 heavy (non-hydrogen) atoms. The van der Waals surface area contributed by atoms with Crippen LogP contribution in [0.15, 0.2) is 78.9 Å². The van der Waals surface area contributed by atoms with Crippen molar-refractivity contribution in [1.29, 1.82) is 0 Å². The third-order valence-electron chi connectivity index (χ3n) is 6.18. The van der Waals surface area contributed by atoms with Crippen LogP contribution in [0, 0.1) is 13.8 Å². The average Bonchev–Trinajstić information content (AvgIpc) is 3.14. The van der Waals surface area contributed by atoms with Gasteiger partial charge in [-0.1, -0.05) is 63.2 Å². The molecule has 5 nitrogen and oxygen atoms in total. The molecule has 0 aliphatic carbocycles. The van der Waals surface area contributed by atoms with Gasteiger partial charge in [-0.25, -0.2) is 4.68 Å². The molecule has 1 aromatic heterocycles. The van der Waals surface area contributed by atoms with E-state index in [1.54, 1.807) is 0 Å². The number of aryl methyl sites for hydroxylation is 1. The Balaban J connectivity index is 1.38. The van der Waals surface area contributed by atoms with Gasteiger partial charge in [-0.3, -0.25) is 4.79 Å². The van der Waals surface area contributed by atoms with E-state index in [0.717, 1.165) is 34.0 Å². The van der Waals surface area contributed by atoms with Gasteiger partial charge in [0.1, 0.15) is 12.4 Å². The largest absolute Gasteiger partial charge is 0.489 e. The molecule has 4 rings (SSSR count). The SMILES string of the molecule is Cc1nn(-c2ccccc2)c(C)c1CNC(=O)c1cccc(COc2ccc(C(C)(C)C)cc2)c1. The molecule has 0 saturated heterocycles. The van der Waals surface area contributed by atoms with Crippen LogP contribution < -0.4 is 10.1 Å². The first-order valence-electron chi connectivity index (χ1n) is 11.9. The van der Waals surface area contributed by atoms with E-state index in [2.05, 4.69) is 43.3 Å². The van der Waals surface area contributed by atoms with E-state index in [-0.39, 0.29) is 11.3 Å². The van der Waals surface area contributed by atoms with Crippen LogP contribution in [0.25, 0.3) is 5.69 Å². The number of carbonyl (C=O) groups is 1. The van der Waals surface area contributed by atoms with Crippen LogP contribution in [0.4, 0.5) is 0 Å². The molecule has 0 saturated carbocycles. The first-order valence-corrected chi connectivity index (χ1v) is 11.9. The van der Waals surface area contributed by atoms with E-state index in [9.17, 15) is 4.79 Å². The van der Waals surface area contributed by atoms with Gasteiger partial charge in [0.2, 0.25) is 0 Å². The minimum Gasteiger partial charge on any atom is -0.489 e. The highest BCUT2D eigenvalue weighted by atomic mass is 16.5. The number of amides is 1. The Kier molecular flexibility index (Phi) is 7.06. The van der Waals surface area contributed by atoms with Crippen LogP contribution in [0.2, 0.25) is 0 Å². The number of rotatable bonds is 7. The Morgan fingerprint density at radius 2 is 1.66 bits per heavy atom. The number of ether oxygens (including phenoxy) is 1. The third-order valence-corrected chi connectivity index (χ3v) is 6.18. The number of nitrogens with zero attached hydrogens (tertiary/aromatic N) is 2. The third kappa shape index (κ3) is 5.80. The summed E-state index contributed by atoms with van der Waals surface area (Å²) >= 11 is 0. The van der Waals surface area contributed by atoms with Gasteiger partial charge >= 0.3 is 0 Å². The molecule has 5 heteroatoms. The highest BCUT2D eigenvalue weighted by molar-refractivity contribution is 5.94. The van der Waals surface area contributed by atoms with Crippen molar-refractivity contribution in [2.45, 2.75) is 53.2 Å². The van der Waals surface area contributed by atoms with Crippen molar-refractivity contribution in [1.82, 2.24) is 15.1 Å². The molecular weight excluding hydrogens is 434 g/mol. The molecule has 4 aromatic rings. The quantitative estimate of drug-likeness (QED) is 0.347. The highest BCUT2D eigenvalue weighted by Gasteiger charge is 2.15. The monoisotopic (exact) mass is 467 g/mol. The van der Waals surface area contributed by atoms with Crippen molar-refractivity contribution in [3.05, 3.63) is 113 Å². The number of hydrogen-bond donors (Lipinski definition) is 1. The lowest BCUT2D eigenvalue weighted by Gasteiger charge is -2.19. The number of carbonyl (C=O) groups excluding carboxylic acids is 1. The van der Waals surface area contributed by atoms with Crippen LogP contribution in [0.3, 0.4) is 0 Å². The van der Waals surface area contributed by atoms with Gasteiger partial charge in [0.05, 0.1) is 11.4 Å². The van der Waals surface area contributed by atoms with Gasteiger partial charge in [-0.15, -0.1) is 0 Å². The van der Waals surface area contributed by atoms with Crippen molar-refractivity contribution in [2.75, 3.05) is 0 Å². The highest BCUT2D eigenvalue weighted by Crippen LogP contribution is 2.25. The van der Waals surface area contributed by atoms with Crippen LogP contribution in [0.1, 0.15) is 59.2 Å². The van der Waals surface area contributed by atoms with Crippen molar-refractivity contribution in [3.8, 4) is 11.4 Å². The summed E-state index contributed by atoms with van der Waals surface area (Å²) in [6.07, 6.45) is 0. The maximum absolute atomic E-state index is 12.9. The molecule has 0 radical (unpaired) electrons. The van der Waals surface area contributed by atoms with Gasteiger partial charge in [0.25, 0.3) is 5.91 Å². The average molecular weight is 468 g/mol. The molecule has 0 aliphatic rings. The standard InChI is InChI=1S/C30H33N3O2/c1-21-28(22(2)33(32-21)26-12-7-6-8-13-26)19-31-29(34)24-11-9-10-23(18-24)20-35-27-16-14-25(15-17-27)30(3,4)5/h6-18H,19-20H2,1-5H3,(H,31,34). The van der Waals surface area contributed by atoms with Crippen molar-refractivity contribution >= 4 is 5.91 Å². The zero-order valence-corrected chi connectivity index (χ0v) is 21.1. The van der Waals surface area contributed by atoms with Gasteiger partial charge < -0.3 is 10.1 Å². The number of para-hydroxylation sites is 1. The predicted molar refractivity (Wildman–Crippen MR) is 140 cm³/mol. The van der Waals surface area contributed by atoms with Crippen LogP contribution in [-0.4, -0.2) is 15.7 Å². The Morgan fingerprint density at radius 3 is 2.34 bits per heavy atom. The summed E-state index contributed by atoms with van der Waals surface area (Å²) in [6.45, 7) is 11.4. The molecular formula is C30H33N3O2. The van der Waals surface area contributed by atoms with E-state index < -0.39 is 0 Å². The lowest BCUT2D eigenvalue weighted by Crippen LogP contribution is -2.23. The Hall–Kier alpha value is -3.86. The zero-order valence-electron chi connectivity index (χ0n) is 21.1. The number of hydrogen-bond acceptors (Lipinski definition) is 3. The Morgan fingerprint density at radius 1 is 0.943 bits per heavy atom. The van der Waals surface area contributed by atoms with Gasteiger partial charge in [0, 0.05) is 23.4 Å². The smallest absolute Gasteiger partial charge is 0.251 e. The summed E-state index contributed by atoms with van der Waals surface area (Å²) in [5, 5.41) is 7.72. The second-order valence-corrected chi connectivity index (χ2v) is 9.84. The molecule has 1 amide bonds. The molecule has 180 valence electrons.